The summed E-state index contributed by atoms with van der Waals surface area (Å²) in [5.41, 5.74) is 0. The molecule has 0 bridgehead atoms. The molecule has 0 aromatic rings. The van der Waals surface area contributed by atoms with E-state index >= 15 is 0 Å². The van der Waals surface area contributed by atoms with Crippen LogP contribution in [0.3, 0.4) is 0 Å². The van der Waals surface area contributed by atoms with Crippen molar-refractivity contribution in [2.24, 2.45) is 0 Å². The van der Waals surface area contributed by atoms with E-state index in [-0.39, 0.29) is 85.6 Å². The van der Waals surface area contributed by atoms with Crippen LogP contribution >= 0.6 is 0 Å². The Morgan fingerprint density at radius 2 is 0.875 bits per heavy atom. The number of hydrogen-bond acceptors (Lipinski definition) is 0. The molecule has 8 heteroatoms. The minimum atomic E-state index is -6.00. The molecule has 0 N–H and O–H groups in total. The van der Waals surface area contributed by atoms with E-state index < -0.39 is 7.25 Å². The molecule has 0 saturated carbocycles. The smallest absolute Gasteiger partial charge is 1.00 e. The molecule has 0 heterocycles. The Hall–Kier alpha value is 2.35. The molecule has 0 aliphatic heterocycles. The first-order chi connectivity index (χ1) is 2.00. The quantitative estimate of drug-likeness (QED) is 0.249. The van der Waals surface area contributed by atoms with Crippen molar-refractivity contribution in [3.8, 4) is 0 Å². The maximum absolute atomic E-state index is 9.75. The van der Waals surface area contributed by atoms with Crippen molar-refractivity contribution in [3.05, 3.63) is 0 Å². The van der Waals surface area contributed by atoms with Gasteiger partial charge >= 0.3 is 88.2 Å². The van der Waals surface area contributed by atoms with Crippen molar-refractivity contribution < 1.29 is 103 Å². The molecule has 0 spiro atoms. The molecule has 0 amide bonds. The summed E-state index contributed by atoms with van der Waals surface area (Å²) >= 11 is 0. The molecule has 8 heavy (non-hydrogen) atoms. The van der Waals surface area contributed by atoms with Crippen LogP contribution in [0.2, 0.25) is 0 Å². The predicted molar refractivity (Wildman–Crippen MR) is 10.2 cm³/mol. The van der Waals surface area contributed by atoms with Gasteiger partial charge in [-0.3, -0.25) is 0 Å². The second-order valence-corrected chi connectivity index (χ2v) is 0.495. The molecule has 0 aromatic heterocycles. The van der Waals surface area contributed by atoms with Gasteiger partial charge in [0.05, 0.1) is 0 Å². The van der Waals surface area contributed by atoms with Gasteiger partial charge in [0.25, 0.3) is 0 Å². The normalized spacial score (nSPS) is 7.50. The van der Waals surface area contributed by atoms with E-state index in [1.807, 2.05) is 0 Å². The Labute approximate surface area is 108 Å². The maximum atomic E-state index is 9.75. The van der Waals surface area contributed by atoms with Gasteiger partial charge in [0.1, 0.15) is 0 Å². The molecule has 0 nitrogen and oxygen atoms in total. The van der Waals surface area contributed by atoms with Gasteiger partial charge in [-0.15, -0.1) is 0 Å². The van der Waals surface area contributed by atoms with E-state index in [4.69, 9.17) is 0 Å². The third-order valence-electron chi connectivity index (χ3n) is 0. The zero-order valence-corrected chi connectivity index (χ0v) is 9.59. The molecular weight excluding hydrogens is 168 g/mol. The average Bonchev–Trinajstić information content (AvgIpc) is 0.722. The summed E-state index contributed by atoms with van der Waals surface area (Å²) in [4.78, 5) is 0. The van der Waals surface area contributed by atoms with Crippen LogP contribution in [0.1, 0.15) is 0 Å². The van der Waals surface area contributed by atoms with Crippen LogP contribution in [0.25, 0.3) is 0 Å². The topological polar surface area (TPSA) is 0 Å². The Balaban J connectivity index is -0.0000000267. The summed E-state index contributed by atoms with van der Waals surface area (Å²) in [5.74, 6) is 0. The zero-order chi connectivity index (χ0) is 4.50. The molecule has 40 valence electrons. The van der Waals surface area contributed by atoms with Crippen molar-refractivity contribution >= 4 is 7.25 Å². The summed E-state index contributed by atoms with van der Waals surface area (Å²) < 4.78 is 39.0. The number of hydrogen-bond donors (Lipinski definition) is 0. The monoisotopic (exact) mass is 168 g/mol. The van der Waals surface area contributed by atoms with Crippen molar-refractivity contribution in [2.75, 3.05) is 0 Å². The fourth-order valence-corrected chi connectivity index (χ4v) is 0. The van der Waals surface area contributed by atoms with E-state index in [1.54, 1.807) is 0 Å². The Morgan fingerprint density at radius 1 is 0.875 bits per heavy atom. The molecule has 0 unspecified atom stereocenters. The van der Waals surface area contributed by atoms with Crippen LogP contribution in [0.4, 0.5) is 17.3 Å². The van der Waals surface area contributed by atoms with Gasteiger partial charge in [-0.25, -0.2) is 0 Å². The van der Waals surface area contributed by atoms with Crippen molar-refractivity contribution in [1.82, 2.24) is 0 Å². The van der Waals surface area contributed by atoms with Crippen LogP contribution in [0.15, 0.2) is 0 Å². The fourth-order valence-electron chi connectivity index (χ4n) is 0. The molecule has 0 aliphatic rings. The van der Waals surface area contributed by atoms with E-state index in [9.17, 15) is 17.3 Å². The minimum Gasteiger partial charge on any atom is -1.00 e. The van der Waals surface area contributed by atoms with Gasteiger partial charge < -0.3 is 22.0 Å². The summed E-state index contributed by atoms with van der Waals surface area (Å²) in [6, 6.07) is 0. The van der Waals surface area contributed by atoms with Crippen LogP contribution in [-0.4, -0.2) is 7.25 Å². The van der Waals surface area contributed by atoms with Crippen LogP contribution < -0.4 is 85.6 Å². The molecular formula is BF5KNa. The van der Waals surface area contributed by atoms with Gasteiger partial charge in [-0.1, -0.05) is 0 Å². The summed E-state index contributed by atoms with van der Waals surface area (Å²) in [6.07, 6.45) is 0. The van der Waals surface area contributed by atoms with Gasteiger partial charge in [0, 0.05) is 0 Å². The van der Waals surface area contributed by atoms with Gasteiger partial charge in [-0.05, 0) is 0 Å². The molecule has 0 aromatic carbocycles. The first-order valence-electron chi connectivity index (χ1n) is 0.873. The van der Waals surface area contributed by atoms with E-state index in [0.29, 0.717) is 0 Å². The third-order valence-corrected chi connectivity index (χ3v) is 0. The van der Waals surface area contributed by atoms with Gasteiger partial charge in [0.15, 0.2) is 0 Å². The first-order valence-corrected chi connectivity index (χ1v) is 0.873. The predicted octanol–water partition coefficient (Wildman–Crippen LogP) is -7.69. The fraction of sp³-hybridized carbons (Fsp3) is 0. The van der Waals surface area contributed by atoms with Crippen LogP contribution in [0, 0.1) is 0 Å². The third kappa shape index (κ3) is 81.6. The summed E-state index contributed by atoms with van der Waals surface area (Å²) in [7, 11) is -6.00. The van der Waals surface area contributed by atoms with E-state index in [2.05, 4.69) is 0 Å². The maximum Gasteiger partial charge on any atom is 1.00 e. The number of rotatable bonds is 0. The van der Waals surface area contributed by atoms with E-state index in [1.165, 1.54) is 0 Å². The Morgan fingerprint density at radius 3 is 0.875 bits per heavy atom. The van der Waals surface area contributed by atoms with Crippen molar-refractivity contribution in [3.63, 3.8) is 0 Å². The second kappa shape index (κ2) is 9.35. The number of halogens is 5. The summed E-state index contributed by atoms with van der Waals surface area (Å²) in [5, 5.41) is 0. The van der Waals surface area contributed by atoms with Crippen molar-refractivity contribution in [2.45, 2.75) is 0 Å². The van der Waals surface area contributed by atoms with Crippen molar-refractivity contribution in [1.29, 1.82) is 0 Å². The molecule has 0 atom stereocenters. The molecule has 0 radical (unpaired) electrons. The first kappa shape index (κ1) is 22.4. The standard InChI is InChI=1S/BF4.FH.K.Na/c2-1(3,4)5;;;/h;1H;;/q-1;;2*+1/p-1. The van der Waals surface area contributed by atoms with Crippen LogP contribution in [-0.2, 0) is 0 Å². The Bertz CT molecular complexity index is 27.9. The average molecular weight is 168 g/mol. The van der Waals surface area contributed by atoms with Crippen LogP contribution in [0.5, 0.6) is 0 Å². The SMILES string of the molecule is F[B-](F)(F)F.[F-].[K+].[Na+]. The van der Waals surface area contributed by atoms with Gasteiger partial charge in [-0.2, -0.15) is 0 Å². The van der Waals surface area contributed by atoms with E-state index in [0.717, 1.165) is 0 Å². The summed E-state index contributed by atoms with van der Waals surface area (Å²) in [6.45, 7) is 0. The Kier molecular flexibility index (Phi) is 26.2. The molecule has 0 saturated heterocycles. The largest absolute Gasteiger partial charge is 1.00 e. The van der Waals surface area contributed by atoms with Gasteiger partial charge in [0.2, 0.25) is 0 Å². The molecule has 0 fully saturated rings. The minimum absolute atomic E-state index is 0. The second-order valence-electron chi connectivity index (χ2n) is 0.495. The molecule has 0 rings (SSSR count). The zero-order valence-electron chi connectivity index (χ0n) is 4.47. The molecule has 0 aliphatic carbocycles.